The first-order valence-electron chi connectivity index (χ1n) is 6.91. The lowest BCUT2D eigenvalue weighted by Gasteiger charge is -2.44. The first-order chi connectivity index (χ1) is 7.84. The minimum atomic E-state index is 0.753. The van der Waals surface area contributed by atoms with Crippen LogP contribution in [-0.4, -0.2) is 47.6 Å². The van der Waals surface area contributed by atoms with Crippen LogP contribution < -0.4 is 5.32 Å². The van der Waals surface area contributed by atoms with Gasteiger partial charge in [0.2, 0.25) is 0 Å². The summed E-state index contributed by atoms with van der Waals surface area (Å²) in [6, 6.07) is 2.45. The van der Waals surface area contributed by atoms with Crippen molar-refractivity contribution in [3.63, 3.8) is 0 Å². The summed E-state index contributed by atoms with van der Waals surface area (Å²) < 4.78 is 0. The first kappa shape index (κ1) is 11.4. The van der Waals surface area contributed by atoms with Gasteiger partial charge in [-0.25, -0.2) is 0 Å². The number of hydrogen-bond donors (Lipinski definition) is 1. The van der Waals surface area contributed by atoms with Gasteiger partial charge in [0.15, 0.2) is 0 Å². The zero-order valence-electron chi connectivity index (χ0n) is 10.3. The van der Waals surface area contributed by atoms with Crippen molar-refractivity contribution in [3.8, 4) is 0 Å². The van der Waals surface area contributed by atoms with Crippen molar-refractivity contribution in [1.29, 1.82) is 0 Å². The Hall–Kier alpha value is 0.270. The number of nitrogens with one attached hydrogen (secondary N) is 1. The number of piperazine rings is 1. The molecular formula is C13H24N2S. The molecule has 0 bridgehead atoms. The molecule has 16 heavy (non-hydrogen) atoms. The third-order valence-corrected chi connectivity index (χ3v) is 5.55. The monoisotopic (exact) mass is 240 g/mol. The topological polar surface area (TPSA) is 15.3 Å². The van der Waals surface area contributed by atoms with Gasteiger partial charge in [-0.05, 0) is 50.0 Å². The van der Waals surface area contributed by atoms with Crippen LogP contribution in [0.15, 0.2) is 0 Å². The second kappa shape index (κ2) is 4.87. The zero-order chi connectivity index (χ0) is 11.0. The first-order valence-corrected chi connectivity index (χ1v) is 8.07. The van der Waals surface area contributed by atoms with Gasteiger partial charge in [0.25, 0.3) is 0 Å². The van der Waals surface area contributed by atoms with Gasteiger partial charge >= 0.3 is 0 Å². The molecule has 0 amide bonds. The maximum absolute atomic E-state index is 3.75. The summed E-state index contributed by atoms with van der Waals surface area (Å²) in [6.07, 6.45) is 5.79. The van der Waals surface area contributed by atoms with Crippen LogP contribution in [-0.2, 0) is 0 Å². The number of nitrogens with zero attached hydrogens (tertiary/aromatic N) is 1. The molecule has 3 heteroatoms. The molecule has 3 fully saturated rings. The Balaban J connectivity index is 1.61. The van der Waals surface area contributed by atoms with Crippen molar-refractivity contribution in [2.75, 3.05) is 24.6 Å². The number of thioether (sulfide) groups is 1. The molecule has 1 aliphatic carbocycles. The molecular weight excluding hydrogens is 216 g/mol. The van der Waals surface area contributed by atoms with E-state index in [0.717, 1.165) is 24.0 Å². The van der Waals surface area contributed by atoms with Gasteiger partial charge in [-0.15, -0.1) is 0 Å². The summed E-state index contributed by atoms with van der Waals surface area (Å²) in [4.78, 5) is 2.82. The second-order valence-corrected chi connectivity index (χ2v) is 6.97. The van der Waals surface area contributed by atoms with Crippen LogP contribution in [0.25, 0.3) is 0 Å². The average molecular weight is 240 g/mol. The molecule has 2 atom stereocenters. The molecule has 3 aliphatic rings. The molecule has 2 saturated heterocycles. The molecule has 0 aromatic rings. The van der Waals surface area contributed by atoms with Crippen molar-refractivity contribution in [1.82, 2.24) is 10.2 Å². The highest BCUT2D eigenvalue weighted by Gasteiger charge is 2.38. The van der Waals surface area contributed by atoms with Crippen LogP contribution in [0.2, 0.25) is 0 Å². The molecule has 2 heterocycles. The second-order valence-electron chi connectivity index (χ2n) is 5.74. The molecule has 0 aromatic heterocycles. The third kappa shape index (κ3) is 2.41. The SMILES string of the molecule is CC1CNC(C2CC2)CN1C1CCSCC1. The average Bonchev–Trinajstić information content (AvgIpc) is 3.15. The smallest absolute Gasteiger partial charge is 0.0224 e. The van der Waals surface area contributed by atoms with E-state index in [1.54, 1.807) is 0 Å². The van der Waals surface area contributed by atoms with Crippen LogP contribution in [0.3, 0.4) is 0 Å². The molecule has 2 aliphatic heterocycles. The van der Waals surface area contributed by atoms with E-state index >= 15 is 0 Å². The van der Waals surface area contributed by atoms with E-state index in [-0.39, 0.29) is 0 Å². The standard InChI is InChI=1S/C13H24N2S/c1-10-8-14-13(11-2-3-11)9-15(10)12-4-6-16-7-5-12/h10-14H,2-9H2,1H3. The Morgan fingerprint density at radius 1 is 1.12 bits per heavy atom. The Kier molecular flexibility index (Phi) is 3.46. The number of hydrogen-bond acceptors (Lipinski definition) is 3. The van der Waals surface area contributed by atoms with E-state index in [4.69, 9.17) is 0 Å². The van der Waals surface area contributed by atoms with Gasteiger partial charge in [-0.2, -0.15) is 11.8 Å². The van der Waals surface area contributed by atoms with Crippen molar-refractivity contribution in [2.45, 2.75) is 50.7 Å². The summed E-state index contributed by atoms with van der Waals surface area (Å²) in [7, 11) is 0. The Morgan fingerprint density at radius 2 is 1.88 bits per heavy atom. The van der Waals surface area contributed by atoms with E-state index in [1.165, 1.54) is 50.3 Å². The largest absolute Gasteiger partial charge is 0.311 e. The molecule has 0 radical (unpaired) electrons. The Labute approximate surface area is 104 Å². The fraction of sp³-hybridized carbons (Fsp3) is 1.00. The Bertz CT molecular complexity index is 236. The quantitative estimate of drug-likeness (QED) is 0.794. The molecule has 2 unspecified atom stereocenters. The molecule has 0 spiro atoms. The van der Waals surface area contributed by atoms with Gasteiger partial charge in [0.1, 0.15) is 0 Å². The predicted molar refractivity (Wildman–Crippen MR) is 71.0 cm³/mol. The van der Waals surface area contributed by atoms with Crippen LogP contribution in [0.4, 0.5) is 0 Å². The van der Waals surface area contributed by atoms with Crippen molar-refractivity contribution < 1.29 is 0 Å². The highest BCUT2D eigenvalue weighted by atomic mass is 32.2. The summed E-state index contributed by atoms with van der Waals surface area (Å²) in [5, 5.41) is 3.75. The van der Waals surface area contributed by atoms with E-state index in [0.29, 0.717) is 0 Å². The highest BCUT2D eigenvalue weighted by molar-refractivity contribution is 7.99. The number of rotatable bonds is 2. The van der Waals surface area contributed by atoms with Gasteiger partial charge in [-0.3, -0.25) is 4.90 Å². The van der Waals surface area contributed by atoms with Gasteiger partial charge in [0, 0.05) is 31.2 Å². The molecule has 2 nitrogen and oxygen atoms in total. The van der Waals surface area contributed by atoms with Gasteiger partial charge in [0.05, 0.1) is 0 Å². The van der Waals surface area contributed by atoms with Crippen molar-refractivity contribution in [3.05, 3.63) is 0 Å². The Morgan fingerprint density at radius 3 is 2.56 bits per heavy atom. The van der Waals surface area contributed by atoms with Crippen LogP contribution >= 0.6 is 11.8 Å². The summed E-state index contributed by atoms with van der Waals surface area (Å²) in [5.74, 6) is 3.78. The van der Waals surface area contributed by atoms with Crippen molar-refractivity contribution >= 4 is 11.8 Å². The lowest BCUT2D eigenvalue weighted by Crippen LogP contribution is -2.59. The summed E-state index contributed by atoms with van der Waals surface area (Å²) in [6.45, 7) is 4.93. The molecule has 0 aromatic carbocycles. The minimum absolute atomic E-state index is 0.753. The van der Waals surface area contributed by atoms with Crippen LogP contribution in [0.1, 0.15) is 32.6 Å². The molecule has 3 rings (SSSR count). The fourth-order valence-corrected chi connectivity index (χ4v) is 4.33. The third-order valence-electron chi connectivity index (χ3n) is 4.50. The molecule has 1 N–H and O–H groups in total. The van der Waals surface area contributed by atoms with Crippen molar-refractivity contribution in [2.24, 2.45) is 5.92 Å². The van der Waals surface area contributed by atoms with E-state index in [1.807, 2.05) is 0 Å². The van der Waals surface area contributed by atoms with Gasteiger partial charge < -0.3 is 5.32 Å². The van der Waals surface area contributed by atoms with E-state index in [2.05, 4.69) is 28.9 Å². The predicted octanol–water partition coefficient (Wildman–Crippen LogP) is 1.95. The summed E-state index contributed by atoms with van der Waals surface area (Å²) in [5.41, 5.74) is 0. The van der Waals surface area contributed by atoms with E-state index < -0.39 is 0 Å². The fourth-order valence-electron chi connectivity index (χ4n) is 3.25. The maximum Gasteiger partial charge on any atom is 0.0224 e. The minimum Gasteiger partial charge on any atom is -0.311 e. The maximum atomic E-state index is 3.75. The lowest BCUT2D eigenvalue weighted by molar-refractivity contribution is 0.0801. The lowest BCUT2D eigenvalue weighted by atomic mass is 10.0. The molecule has 92 valence electrons. The molecule has 1 saturated carbocycles. The summed E-state index contributed by atoms with van der Waals surface area (Å²) >= 11 is 2.14. The highest BCUT2D eigenvalue weighted by Crippen LogP contribution is 2.35. The zero-order valence-corrected chi connectivity index (χ0v) is 11.1. The van der Waals surface area contributed by atoms with Gasteiger partial charge in [-0.1, -0.05) is 0 Å². The normalized spacial score (nSPS) is 38.8. The van der Waals surface area contributed by atoms with E-state index in [9.17, 15) is 0 Å². The van der Waals surface area contributed by atoms with Crippen LogP contribution in [0.5, 0.6) is 0 Å². The van der Waals surface area contributed by atoms with Crippen LogP contribution in [0, 0.1) is 5.92 Å².